The number of likely N-dealkylation sites (tertiary alicyclic amines) is 1. The maximum absolute atomic E-state index is 4.66. The van der Waals surface area contributed by atoms with Crippen LogP contribution in [0.25, 0.3) is 0 Å². The van der Waals surface area contributed by atoms with Gasteiger partial charge < -0.3 is 4.90 Å². The van der Waals surface area contributed by atoms with Crippen molar-refractivity contribution in [3.63, 3.8) is 0 Å². The molecule has 1 fully saturated rings. The van der Waals surface area contributed by atoms with Gasteiger partial charge in [-0.25, -0.2) is 4.98 Å². The molecule has 19 heavy (non-hydrogen) atoms. The van der Waals surface area contributed by atoms with Crippen LogP contribution in [0.3, 0.4) is 0 Å². The first-order valence-corrected chi connectivity index (χ1v) is 7.80. The van der Waals surface area contributed by atoms with E-state index in [-0.39, 0.29) is 0 Å². The van der Waals surface area contributed by atoms with Gasteiger partial charge in [-0.2, -0.15) is 0 Å². The number of piperidine rings is 1. The number of aromatic nitrogens is 1. The third-order valence-corrected chi connectivity index (χ3v) is 5.02. The van der Waals surface area contributed by atoms with Crippen molar-refractivity contribution in [2.24, 2.45) is 0 Å². The molecule has 0 N–H and O–H groups in total. The van der Waals surface area contributed by atoms with Crippen LogP contribution in [0, 0.1) is 0 Å². The molecule has 0 bridgehead atoms. The zero-order valence-electron chi connectivity index (χ0n) is 11.4. The minimum absolute atomic E-state index is 0.686. The molecule has 0 unspecified atom stereocenters. The fourth-order valence-electron chi connectivity index (χ4n) is 2.65. The summed E-state index contributed by atoms with van der Waals surface area (Å²) >= 11 is 1.91. The SMILES string of the molecule is CN1CCC(c2ncc(Cc3ccccc3)s2)CC1. The molecule has 0 aliphatic carbocycles. The molecule has 2 nitrogen and oxygen atoms in total. The zero-order chi connectivity index (χ0) is 13.1. The summed E-state index contributed by atoms with van der Waals surface area (Å²) < 4.78 is 0. The maximum Gasteiger partial charge on any atom is 0.0959 e. The van der Waals surface area contributed by atoms with E-state index in [0.29, 0.717) is 5.92 Å². The van der Waals surface area contributed by atoms with Gasteiger partial charge in [0.1, 0.15) is 0 Å². The Morgan fingerprint density at radius 3 is 2.68 bits per heavy atom. The van der Waals surface area contributed by atoms with E-state index in [1.165, 1.54) is 41.4 Å². The lowest BCUT2D eigenvalue weighted by Crippen LogP contribution is -2.29. The molecule has 0 saturated carbocycles. The van der Waals surface area contributed by atoms with Crippen LogP contribution in [0.5, 0.6) is 0 Å². The van der Waals surface area contributed by atoms with Crippen LogP contribution in [0.2, 0.25) is 0 Å². The van der Waals surface area contributed by atoms with Gasteiger partial charge in [0.2, 0.25) is 0 Å². The summed E-state index contributed by atoms with van der Waals surface area (Å²) in [4.78, 5) is 8.46. The Labute approximate surface area is 119 Å². The topological polar surface area (TPSA) is 16.1 Å². The molecule has 0 radical (unpaired) electrons. The summed E-state index contributed by atoms with van der Waals surface area (Å²) in [5.41, 5.74) is 1.38. The van der Waals surface area contributed by atoms with Gasteiger partial charge in [0, 0.05) is 23.4 Å². The van der Waals surface area contributed by atoms with E-state index >= 15 is 0 Å². The highest BCUT2D eigenvalue weighted by Crippen LogP contribution is 2.31. The first-order valence-electron chi connectivity index (χ1n) is 6.98. The molecule has 0 spiro atoms. The third-order valence-electron chi connectivity index (χ3n) is 3.86. The van der Waals surface area contributed by atoms with Gasteiger partial charge in [-0.05, 0) is 38.5 Å². The van der Waals surface area contributed by atoms with E-state index in [0.717, 1.165) is 6.42 Å². The molecule has 2 aromatic rings. The number of hydrogen-bond donors (Lipinski definition) is 0. The van der Waals surface area contributed by atoms with Gasteiger partial charge in [0.15, 0.2) is 0 Å². The molecule has 3 rings (SSSR count). The predicted octanol–water partition coefficient (Wildman–Crippen LogP) is 3.54. The van der Waals surface area contributed by atoms with Crippen LogP contribution >= 0.6 is 11.3 Å². The Hall–Kier alpha value is -1.19. The van der Waals surface area contributed by atoms with Crippen molar-refractivity contribution in [1.29, 1.82) is 0 Å². The second kappa shape index (κ2) is 5.85. The van der Waals surface area contributed by atoms with Crippen LogP contribution in [0.1, 0.15) is 34.2 Å². The van der Waals surface area contributed by atoms with E-state index in [4.69, 9.17) is 0 Å². The molecule has 100 valence electrons. The Bertz CT molecular complexity index is 513. The van der Waals surface area contributed by atoms with E-state index in [9.17, 15) is 0 Å². The molecule has 1 aromatic carbocycles. The van der Waals surface area contributed by atoms with Crippen LogP contribution < -0.4 is 0 Å². The van der Waals surface area contributed by atoms with Crippen molar-refractivity contribution in [2.75, 3.05) is 20.1 Å². The lowest BCUT2D eigenvalue weighted by atomic mass is 9.98. The zero-order valence-corrected chi connectivity index (χ0v) is 12.2. The molecule has 0 atom stereocenters. The summed E-state index contributed by atoms with van der Waals surface area (Å²) in [5.74, 6) is 0.686. The van der Waals surface area contributed by atoms with Crippen LogP contribution in [0.4, 0.5) is 0 Å². The van der Waals surface area contributed by atoms with E-state index in [2.05, 4.69) is 53.5 Å². The molecule has 3 heteroatoms. The standard InChI is InChI=1S/C16H20N2S/c1-18-9-7-14(8-10-18)16-17-12-15(19-16)11-13-5-3-2-4-6-13/h2-6,12,14H,7-11H2,1H3. The normalized spacial score (nSPS) is 17.7. The number of rotatable bonds is 3. The van der Waals surface area contributed by atoms with Crippen LogP contribution in [0.15, 0.2) is 36.5 Å². The molecule has 1 aromatic heterocycles. The highest BCUT2D eigenvalue weighted by Gasteiger charge is 2.20. The van der Waals surface area contributed by atoms with Gasteiger partial charge in [0.05, 0.1) is 5.01 Å². The Kier molecular flexibility index (Phi) is 3.95. The maximum atomic E-state index is 4.66. The molecule has 2 heterocycles. The first kappa shape index (κ1) is 12.8. The van der Waals surface area contributed by atoms with Crippen molar-refractivity contribution in [1.82, 2.24) is 9.88 Å². The average molecular weight is 272 g/mol. The fraction of sp³-hybridized carbons (Fsp3) is 0.438. The summed E-state index contributed by atoms with van der Waals surface area (Å²) in [6, 6.07) is 10.7. The minimum atomic E-state index is 0.686. The molecule has 0 amide bonds. The summed E-state index contributed by atoms with van der Waals surface area (Å²) in [6.45, 7) is 2.41. The van der Waals surface area contributed by atoms with Gasteiger partial charge in [-0.15, -0.1) is 11.3 Å². The Morgan fingerprint density at radius 1 is 1.21 bits per heavy atom. The lowest BCUT2D eigenvalue weighted by molar-refractivity contribution is 0.255. The Balaban J connectivity index is 1.66. The van der Waals surface area contributed by atoms with E-state index in [1.807, 2.05) is 11.3 Å². The third kappa shape index (κ3) is 3.23. The predicted molar refractivity (Wildman–Crippen MR) is 80.8 cm³/mol. The van der Waals surface area contributed by atoms with Gasteiger partial charge >= 0.3 is 0 Å². The highest BCUT2D eigenvalue weighted by atomic mass is 32.1. The number of nitrogens with zero attached hydrogens (tertiary/aromatic N) is 2. The number of hydrogen-bond acceptors (Lipinski definition) is 3. The highest BCUT2D eigenvalue weighted by molar-refractivity contribution is 7.11. The quantitative estimate of drug-likeness (QED) is 0.849. The van der Waals surface area contributed by atoms with E-state index in [1.54, 1.807) is 0 Å². The molecular weight excluding hydrogens is 252 g/mol. The second-order valence-corrected chi connectivity index (χ2v) is 6.55. The Morgan fingerprint density at radius 2 is 1.95 bits per heavy atom. The van der Waals surface area contributed by atoms with Gasteiger partial charge in [0.25, 0.3) is 0 Å². The van der Waals surface area contributed by atoms with Crippen molar-refractivity contribution in [3.8, 4) is 0 Å². The van der Waals surface area contributed by atoms with Crippen molar-refractivity contribution in [2.45, 2.75) is 25.2 Å². The summed E-state index contributed by atoms with van der Waals surface area (Å²) in [6.07, 6.45) is 5.61. The molecule has 1 aliphatic heterocycles. The molecule has 1 saturated heterocycles. The smallest absolute Gasteiger partial charge is 0.0959 e. The number of benzene rings is 1. The lowest BCUT2D eigenvalue weighted by Gasteiger charge is -2.27. The monoisotopic (exact) mass is 272 g/mol. The molecule has 1 aliphatic rings. The summed E-state index contributed by atoms with van der Waals surface area (Å²) in [7, 11) is 2.21. The number of thiazole rings is 1. The minimum Gasteiger partial charge on any atom is -0.306 e. The van der Waals surface area contributed by atoms with Gasteiger partial charge in [-0.1, -0.05) is 30.3 Å². The largest absolute Gasteiger partial charge is 0.306 e. The molecular formula is C16H20N2S. The van der Waals surface area contributed by atoms with Crippen molar-refractivity contribution < 1.29 is 0 Å². The van der Waals surface area contributed by atoms with Crippen LogP contribution in [-0.4, -0.2) is 30.0 Å². The van der Waals surface area contributed by atoms with Gasteiger partial charge in [-0.3, -0.25) is 0 Å². The van der Waals surface area contributed by atoms with Crippen LogP contribution in [-0.2, 0) is 6.42 Å². The second-order valence-electron chi connectivity index (χ2n) is 5.40. The fourth-order valence-corrected chi connectivity index (χ4v) is 3.77. The summed E-state index contributed by atoms with van der Waals surface area (Å²) in [5, 5.41) is 1.35. The average Bonchev–Trinajstić information content (AvgIpc) is 2.89. The van der Waals surface area contributed by atoms with Crippen molar-refractivity contribution in [3.05, 3.63) is 52.0 Å². The first-order chi connectivity index (χ1) is 9.31. The van der Waals surface area contributed by atoms with Crippen molar-refractivity contribution >= 4 is 11.3 Å². The van der Waals surface area contributed by atoms with E-state index < -0.39 is 0 Å².